The monoisotopic (exact) mass is 337 g/mol. The highest BCUT2D eigenvalue weighted by molar-refractivity contribution is 7.94. The van der Waals surface area contributed by atoms with Gasteiger partial charge in [0.2, 0.25) is 0 Å². The minimum atomic E-state index is -3.73. The summed E-state index contributed by atoms with van der Waals surface area (Å²) in [4.78, 5) is 41.4. The minimum Gasteiger partial charge on any atom is -0.328 e. The zero-order valence-corrected chi connectivity index (χ0v) is 13.4. The molecule has 0 aromatic heterocycles. The van der Waals surface area contributed by atoms with Gasteiger partial charge in [0.05, 0.1) is 16.4 Å². The SMILES string of the molecule is CC(C)(C(=O)ON1C(=O)c2ccccc2C1=O)S(=O)(=O)C1CC1. The summed E-state index contributed by atoms with van der Waals surface area (Å²) in [5.74, 6) is -2.70. The summed E-state index contributed by atoms with van der Waals surface area (Å²) in [6.07, 6.45) is 1.01. The van der Waals surface area contributed by atoms with Crippen LogP contribution in [0.25, 0.3) is 0 Å². The number of benzene rings is 1. The molecule has 1 saturated carbocycles. The van der Waals surface area contributed by atoms with Gasteiger partial charge in [-0.2, -0.15) is 0 Å². The Kier molecular flexibility index (Phi) is 3.33. The van der Waals surface area contributed by atoms with E-state index in [-0.39, 0.29) is 11.1 Å². The van der Waals surface area contributed by atoms with Gasteiger partial charge >= 0.3 is 5.97 Å². The molecule has 0 N–H and O–H groups in total. The quantitative estimate of drug-likeness (QED) is 0.763. The molecule has 1 heterocycles. The summed E-state index contributed by atoms with van der Waals surface area (Å²) < 4.78 is 22.8. The van der Waals surface area contributed by atoms with Crippen molar-refractivity contribution < 1.29 is 27.6 Å². The van der Waals surface area contributed by atoms with E-state index in [4.69, 9.17) is 4.84 Å². The zero-order chi connectivity index (χ0) is 17.0. The van der Waals surface area contributed by atoms with E-state index in [1.807, 2.05) is 0 Å². The second-order valence-corrected chi connectivity index (χ2v) is 8.86. The van der Waals surface area contributed by atoms with Crippen LogP contribution in [0.4, 0.5) is 0 Å². The number of rotatable bonds is 4. The lowest BCUT2D eigenvalue weighted by molar-refractivity contribution is -0.170. The fourth-order valence-corrected chi connectivity index (χ4v) is 4.21. The number of sulfone groups is 1. The number of carbonyl (C=O) groups is 3. The van der Waals surface area contributed by atoms with Gasteiger partial charge in [0.25, 0.3) is 11.8 Å². The van der Waals surface area contributed by atoms with Gasteiger partial charge in [0, 0.05) is 0 Å². The standard InChI is InChI=1S/C15H15NO6S/c1-15(2,23(20,21)9-7-8-9)14(19)22-16-12(17)10-5-3-4-6-11(10)13(16)18/h3-6,9H,7-8H2,1-2H3. The highest BCUT2D eigenvalue weighted by Crippen LogP contribution is 2.37. The van der Waals surface area contributed by atoms with Crippen LogP contribution in [0, 0.1) is 0 Å². The lowest BCUT2D eigenvalue weighted by Crippen LogP contribution is -2.47. The van der Waals surface area contributed by atoms with Crippen LogP contribution in [0.2, 0.25) is 0 Å². The Morgan fingerprint density at radius 2 is 1.61 bits per heavy atom. The normalized spacial score (nSPS) is 18.1. The predicted octanol–water partition coefficient (Wildman–Crippen LogP) is 1.10. The molecule has 2 amide bonds. The number of fused-ring (bicyclic) bond motifs is 1. The zero-order valence-electron chi connectivity index (χ0n) is 12.6. The first-order valence-corrected chi connectivity index (χ1v) is 8.66. The van der Waals surface area contributed by atoms with Gasteiger partial charge < -0.3 is 4.84 Å². The highest BCUT2D eigenvalue weighted by Gasteiger charge is 2.53. The van der Waals surface area contributed by atoms with Crippen LogP contribution in [-0.4, -0.2) is 41.3 Å². The van der Waals surface area contributed by atoms with E-state index in [9.17, 15) is 22.8 Å². The van der Waals surface area contributed by atoms with E-state index in [0.29, 0.717) is 17.9 Å². The van der Waals surface area contributed by atoms with E-state index in [0.717, 1.165) is 0 Å². The molecular weight excluding hydrogens is 322 g/mol. The number of carbonyl (C=O) groups excluding carboxylic acids is 3. The van der Waals surface area contributed by atoms with Crippen molar-refractivity contribution in [2.75, 3.05) is 0 Å². The summed E-state index contributed by atoms with van der Waals surface area (Å²) in [7, 11) is -3.73. The molecule has 0 radical (unpaired) electrons. The molecular formula is C15H15NO6S. The number of imide groups is 1. The fourth-order valence-electron chi connectivity index (χ4n) is 2.35. The van der Waals surface area contributed by atoms with Crippen molar-refractivity contribution in [2.24, 2.45) is 0 Å². The van der Waals surface area contributed by atoms with E-state index in [2.05, 4.69) is 0 Å². The molecule has 3 rings (SSSR count). The average Bonchev–Trinajstić information content (AvgIpc) is 3.33. The minimum absolute atomic E-state index is 0.119. The molecule has 1 fully saturated rings. The summed E-state index contributed by atoms with van der Waals surface area (Å²) in [5, 5.41) is -0.232. The third-order valence-electron chi connectivity index (χ3n) is 4.10. The number of hydrogen-bond acceptors (Lipinski definition) is 6. The molecule has 8 heteroatoms. The van der Waals surface area contributed by atoms with Crippen molar-refractivity contribution in [2.45, 2.75) is 36.7 Å². The maximum absolute atomic E-state index is 12.3. The van der Waals surface area contributed by atoms with Crippen LogP contribution in [-0.2, 0) is 19.5 Å². The third-order valence-corrected chi connectivity index (χ3v) is 7.04. The van der Waals surface area contributed by atoms with Crippen LogP contribution >= 0.6 is 0 Å². The Bertz CT molecular complexity index is 787. The first kappa shape index (κ1) is 15.7. The largest absolute Gasteiger partial charge is 0.353 e. The van der Waals surface area contributed by atoms with E-state index in [1.165, 1.54) is 26.0 Å². The molecule has 0 atom stereocenters. The van der Waals surface area contributed by atoms with Crippen LogP contribution < -0.4 is 0 Å². The van der Waals surface area contributed by atoms with E-state index < -0.39 is 37.6 Å². The lowest BCUT2D eigenvalue weighted by Gasteiger charge is -2.24. The number of hydrogen-bond donors (Lipinski definition) is 0. The molecule has 7 nitrogen and oxygen atoms in total. The third kappa shape index (κ3) is 2.24. The van der Waals surface area contributed by atoms with Gasteiger partial charge in [-0.1, -0.05) is 17.2 Å². The number of amides is 2. The van der Waals surface area contributed by atoms with Crippen LogP contribution in [0.3, 0.4) is 0 Å². The molecule has 0 saturated heterocycles. The summed E-state index contributed by atoms with van der Waals surface area (Å²) in [6.45, 7) is 2.45. The molecule has 0 unspecified atom stereocenters. The Morgan fingerprint density at radius 1 is 1.13 bits per heavy atom. The van der Waals surface area contributed by atoms with E-state index >= 15 is 0 Å². The second kappa shape index (κ2) is 4.89. The van der Waals surface area contributed by atoms with Gasteiger partial charge in [0.1, 0.15) is 0 Å². The second-order valence-electron chi connectivity index (χ2n) is 6.08. The van der Waals surface area contributed by atoms with Crippen molar-refractivity contribution in [1.82, 2.24) is 5.06 Å². The first-order chi connectivity index (χ1) is 10.7. The van der Waals surface area contributed by atoms with Crippen molar-refractivity contribution in [3.8, 4) is 0 Å². The van der Waals surface area contributed by atoms with Gasteiger partial charge in [-0.15, -0.1) is 0 Å². The Labute approximate surface area is 133 Å². The summed E-state index contributed by atoms with van der Waals surface area (Å²) in [6, 6.07) is 6.04. The fraction of sp³-hybridized carbons (Fsp3) is 0.400. The smallest absolute Gasteiger partial charge is 0.328 e. The lowest BCUT2D eigenvalue weighted by atomic mass is 10.1. The van der Waals surface area contributed by atoms with Crippen molar-refractivity contribution in [3.05, 3.63) is 35.4 Å². The maximum Gasteiger partial charge on any atom is 0.353 e. The first-order valence-electron chi connectivity index (χ1n) is 7.11. The van der Waals surface area contributed by atoms with Crippen LogP contribution in [0.5, 0.6) is 0 Å². The molecule has 23 heavy (non-hydrogen) atoms. The molecule has 0 bridgehead atoms. The van der Waals surface area contributed by atoms with Crippen LogP contribution in [0.15, 0.2) is 24.3 Å². The molecule has 2 aliphatic rings. The predicted molar refractivity (Wildman–Crippen MR) is 79.1 cm³/mol. The molecule has 122 valence electrons. The summed E-state index contributed by atoms with van der Waals surface area (Å²) >= 11 is 0. The molecule has 1 aliphatic heterocycles. The molecule has 0 spiro atoms. The van der Waals surface area contributed by atoms with Gasteiger partial charge in [-0.25, -0.2) is 13.2 Å². The van der Waals surface area contributed by atoms with Crippen LogP contribution in [0.1, 0.15) is 47.4 Å². The maximum atomic E-state index is 12.3. The van der Waals surface area contributed by atoms with Gasteiger partial charge in [-0.05, 0) is 38.8 Å². The van der Waals surface area contributed by atoms with Crippen molar-refractivity contribution >= 4 is 27.6 Å². The van der Waals surface area contributed by atoms with Gasteiger partial charge in [-0.3, -0.25) is 9.59 Å². The molecule has 1 aromatic carbocycles. The van der Waals surface area contributed by atoms with E-state index in [1.54, 1.807) is 12.1 Å². The Morgan fingerprint density at radius 3 is 2.04 bits per heavy atom. The summed E-state index contributed by atoms with van der Waals surface area (Å²) in [5.41, 5.74) is 0.237. The Balaban J connectivity index is 1.84. The van der Waals surface area contributed by atoms with Gasteiger partial charge in [0.15, 0.2) is 14.6 Å². The number of nitrogens with zero attached hydrogens (tertiary/aromatic N) is 1. The number of hydroxylamine groups is 2. The highest BCUT2D eigenvalue weighted by atomic mass is 32.2. The topological polar surface area (TPSA) is 97.8 Å². The van der Waals surface area contributed by atoms with Crippen molar-refractivity contribution in [3.63, 3.8) is 0 Å². The van der Waals surface area contributed by atoms with Crippen molar-refractivity contribution in [1.29, 1.82) is 0 Å². The Hall–Kier alpha value is -2.22. The molecule has 1 aromatic rings. The molecule has 1 aliphatic carbocycles. The average molecular weight is 337 g/mol.